The highest BCUT2D eigenvalue weighted by atomic mass is 32.2. The van der Waals surface area contributed by atoms with Crippen LogP contribution in [0.3, 0.4) is 0 Å². The van der Waals surface area contributed by atoms with Gasteiger partial charge in [0.25, 0.3) is 5.91 Å². The maximum absolute atomic E-state index is 11.9. The van der Waals surface area contributed by atoms with Crippen molar-refractivity contribution >= 4 is 40.8 Å². The van der Waals surface area contributed by atoms with Crippen LogP contribution in [0.25, 0.3) is 6.08 Å². The molecule has 8 heteroatoms. The van der Waals surface area contributed by atoms with Gasteiger partial charge in [0.15, 0.2) is 5.17 Å². The number of rotatable bonds is 5. The molecule has 0 spiro atoms. The van der Waals surface area contributed by atoms with Gasteiger partial charge in [-0.15, -0.1) is 0 Å². The number of nitrogens with one attached hydrogen (secondary N) is 1. The van der Waals surface area contributed by atoms with E-state index in [4.69, 9.17) is 9.84 Å². The summed E-state index contributed by atoms with van der Waals surface area (Å²) in [4.78, 5) is 38.1. The molecule has 142 valence electrons. The van der Waals surface area contributed by atoms with Crippen molar-refractivity contribution in [1.29, 1.82) is 0 Å². The van der Waals surface area contributed by atoms with Crippen LogP contribution < -0.4 is 10.1 Å². The second kappa shape index (κ2) is 8.53. The van der Waals surface area contributed by atoms with Crippen molar-refractivity contribution in [2.24, 2.45) is 4.99 Å². The Bertz CT molecular complexity index is 996. The van der Waals surface area contributed by atoms with Gasteiger partial charge >= 0.3 is 5.97 Å². The molecule has 0 aliphatic carbocycles. The Morgan fingerprint density at radius 2 is 1.96 bits per heavy atom. The van der Waals surface area contributed by atoms with Gasteiger partial charge in [0.2, 0.25) is 5.91 Å². The number of aliphatic imine (C=N–C) groups is 1. The van der Waals surface area contributed by atoms with Crippen LogP contribution in [-0.2, 0) is 16.2 Å². The zero-order chi connectivity index (χ0) is 20.1. The minimum atomic E-state index is -0.974. The molecule has 28 heavy (non-hydrogen) atoms. The molecule has 1 aliphatic rings. The highest BCUT2D eigenvalue weighted by molar-refractivity contribution is 8.18. The number of benzene rings is 2. The van der Waals surface area contributed by atoms with E-state index in [0.717, 1.165) is 22.9 Å². The first-order chi connectivity index (χ1) is 13.4. The molecule has 0 unspecified atom stereocenters. The zero-order valence-corrected chi connectivity index (χ0v) is 15.7. The molecule has 0 aromatic heterocycles. The van der Waals surface area contributed by atoms with E-state index in [1.54, 1.807) is 36.4 Å². The van der Waals surface area contributed by atoms with Crippen molar-refractivity contribution in [2.75, 3.05) is 0 Å². The predicted octanol–water partition coefficient (Wildman–Crippen LogP) is 3.07. The van der Waals surface area contributed by atoms with Gasteiger partial charge in [0.05, 0.1) is 10.5 Å². The Labute approximate surface area is 165 Å². The maximum atomic E-state index is 11.9. The molecule has 0 saturated heterocycles. The van der Waals surface area contributed by atoms with Crippen LogP contribution in [0, 0.1) is 0 Å². The molecule has 2 aromatic carbocycles. The van der Waals surface area contributed by atoms with E-state index in [-0.39, 0.29) is 23.2 Å². The topological polar surface area (TPSA) is 105 Å². The Balaban J connectivity index is 1.65. The summed E-state index contributed by atoms with van der Waals surface area (Å²) in [6, 6.07) is 13.6. The molecule has 7 nitrogen and oxygen atoms in total. The Hall–Kier alpha value is -3.39. The van der Waals surface area contributed by atoms with Crippen molar-refractivity contribution < 1.29 is 24.2 Å². The average Bonchev–Trinajstić information content (AvgIpc) is 2.98. The lowest BCUT2D eigenvalue weighted by molar-refractivity contribution is -0.117. The summed E-state index contributed by atoms with van der Waals surface area (Å²) in [5.74, 6) is -1.06. The summed E-state index contributed by atoms with van der Waals surface area (Å²) in [5, 5.41) is 11.7. The van der Waals surface area contributed by atoms with Gasteiger partial charge < -0.3 is 15.2 Å². The Kier molecular flexibility index (Phi) is 5.90. The minimum absolute atomic E-state index is 0.219. The van der Waals surface area contributed by atoms with E-state index >= 15 is 0 Å². The van der Waals surface area contributed by atoms with Gasteiger partial charge in [-0.3, -0.25) is 9.59 Å². The molecule has 0 bridgehead atoms. The molecule has 3 rings (SSSR count). The van der Waals surface area contributed by atoms with Gasteiger partial charge in [-0.1, -0.05) is 24.3 Å². The molecular weight excluding hydrogens is 380 g/mol. The van der Waals surface area contributed by atoms with Crippen LogP contribution >= 0.6 is 11.8 Å². The van der Waals surface area contributed by atoms with E-state index in [9.17, 15) is 14.4 Å². The number of carbonyl (C=O) groups is 3. The van der Waals surface area contributed by atoms with Crippen LogP contribution in [0.1, 0.15) is 28.4 Å². The van der Waals surface area contributed by atoms with Crippen LogP contribution in [0.5, 0.6) is 5.75 Å². The summed E-state index contributed by atoms with van der Waals surface area (Å²) in [5.41, 5.74) is 1.81. The van der Waals surface area contributed by atoms with Crippen molar-refractivity contribution in [3.8, 4) is 5.75 Å². The Morgan fingerprint density at radius 1 is 1.21 bits per heavy atom. The van der Waals surface area contributed by atoms with E-state index in [1.807, 2.05) is 6.07 Å². The number of amidine groups is 1. The fourth-order valence-corrected chi connectivity index (χ4v) is 3.23. The number of aromatic carboxylic acids is 1. The van der Waals surface area contributed by atoms with Crippen LogP contribution in [0.2, 0.25) is 0 Å². The first-order valence-corrected chi connectivity index (χ1v) is 9.07. The van der Waals surface area contributed by atoms with Crippen molar-refractivity contribution in [3.05, 3.63) is 70.1 Å². The third-order valence-corrected chi connectivity index (χ3v) is 4.56. The highest BCUT2D eigenvalue weighted by Gasteiger charge is 2.22. The average molecular weight is 396 g/mol. The van der Waals surface area contributed by atoms with Gasteiger partial charge in [0, 0.05) is 6.92 Å². The molecule has 0 radical (unpaired) electrons. The number of ether oxygens (including phenoxy) is 1. The Morgan fingerprint density at radius 3 is 2.64 bits per heavy atom. The molecular formula is C20H16N2O5S. The number of carboxylic acids is 1. The van der Waals surface area contributed by atoms with Crippen molar-refractivity contribution in [2.45, 2.75) is 13.5 Å². The zero-order valence-electron chi connectivity index (χ0n) is 14.8. The van der Waals surface area contributed by atoms with Crippen LogP contribution in [0.15, 0.2) is 58.4 Å². The lowest BCUT2D eigenvalue weighted by atomic mass is 10.1. The molecule has 1 aliphatic heterocycles. The number of thioether (sulfide) groups is 1. The highest BCUT2D eigenvalue weighted by Crippen LogP contribution is 2.28. The first-order valence-electron chi connectivity index (χ1n) is 8.26. The smallest absolute Gasteiger partial charge is 0.335 e. The first kappa shape index (κ1) is 19.4. The van der Waals surface area contributed by atoms with E-state index < -0.39 is 11.9 Å². The third kappa shape index (κ3) is 5.08. The molecule has 0 atom stereocenters. The SMILES string of the molecule is CC(=O)NC1=NC(=O)C(=Cc2cccc(OCc3ccc(C(=O)O)cc3)c2)S1. The third-order valence-electron chi connectivity index (χ3n) is 3.67. The normalized spacial score (nSPS) is 14.7. The molecule has 2 aromatic rings. The summed E-state index contributed by atoms with van der Waals surface area (Å²) in [6.07, 6.45) is 1.68. The molecule has 0 saturated carbocycles. The summed E-state index contributed by atoms with van der Waals surface area (Å²) in [7, 11) is 0. The lowest BCUT2D eigenvalue weighted by Crippen LogP contribution is -2.23. The van der Waals surface area contributed by atoms with E-state index in [2.05, 4.69) is 10.3 Å². The fraction of sp³-hybridized carbons (Fsp3) is 0.100. The van der Waals surface area contributed by atoms with E-state index in [1.165, 1.54) is 19.1 Å². The largest absolute Gasteiger partial charge is 0.489 e. The van der Waals surface area contributed by atoms with Crippen LogP contribution in [-0.4, -0.2) is 28.1 Å². The number of amides is 2. The van der Waals surface area contributed by atoms with Gasteiger partial charge in [-0.05, 0) is 53.2 Å². The van der Waals surface area contributed by atoms with Crippen LogP contribution in [0.4, 0.5) is 0 Å². The number of nitrogens with zero attached hydrogens (tertiary/aromatic N) is 1. The van der Waals surface area contributed by atoms with E-state index in [0.29, 0.717) is 10.7 Å². The summed E-state index contributed by atoms with van der Waals surface area (Å²) in [6.45, 7) is 1.63. The molecule has 0 fully saturated rings. The minimum Gasteiger partial charge on any atom is -0.489 e. The molecule has 2 amide bonds. The summed E-state index contributed by atoms with van der Waals surface area (Å²) < 4.78 is 5.74. The standard InChI is InChI=1S/C20H16N2O5S/c1-12(23)21-20-22-18(24)17(28-20)10-14-3-2-4-16(9-14)27-11-13-5-7-15(8-6-13)19(25)26/h2-10H,11H2,1H3,(H,25,26)(H,21,22,23,24). The van der Waals surface area contributed by atoms with Gasteiger partial charge in [0.1, 0.15) is 12.4 Å². The molecule has 1 heterocycles. The number of carboxylic acid groups (broad SMARTS) is 1. The quantitative estimate of drug-likeness (QED) is 0.753. The lowest BCUT2D eigenvalue weighted by Gasteiger charge is -2.07. The van der Waals surface area contributed by atoms with Gasteiger partial charge in [-0.25, -0.2) is 4.79 Å². The predicted molar refractivity (Wildman–Crippen MR) is 106 cm³/mol. The van der Waals surface area contributed by atoms with Gasteiger partial charge in [-0.2, -0.15) is 4.99 Å². The fourth-order valence-electron chi connectivity index (χ4n) is 2.37. The van der Waals surface area contributed by atoms with Crippen molar-refractivity contribution in [3.63, 3.8) is 0 Å². The monoisotopic (exact) mass is 396 g/mol. The maximum Gasteiger partial charge on any atom is 0.335 e. The summed E-state index contributed by atoms with van der Waals surface area (Å²) >= 11 is 1.10. The number of carbonyl (C=O) groups excluding carboxylic acids is 2. The second-order valence-corrected chi connectivity index (χ2v) is 6.91. The number of hydrogen-bond donors (Lipinski definition) is 2. The second-order valence-electron chi connectivity index (χ2n) is 5.88. The van der Waals surface area contributed by atoms with Crippen molar-refractivity contribution in [1.82, 2.24) is 5.32 Å². The number of hydrogen-bond acceptors (Lipinski definition) is 5. The molecule has 2 N–H and O–H groups in total.